The van der Waals surface area contributed by atoms with Gasteiger partial charge in [0.1, 0.15) is 26.4 Å². The van der Waals surface area contributed by atoms with Crippen LogP contribution < -0.4 is 30.4 Å². The monoisotopic (exact) mass is 390 g/mol. The second kappa shape index (κ2) is 10.5. The number of fused-ring (bicyclic) bond motifs is 2. The highest BCUT2D eigenvalue weighted by Gasteiger charge is 2.09. The predicted octanol–water partition coefficient (Wildman–Crippen LogP) is 2.11. The summed E-state index contributed by atoms with van der Waals surface area (Å²) in [6.07, 6.45) is 0. The van der Waals surface area contributed by atoms with Crippen LogP contribution in [0.3, 0.4) is 0 Å². The Morgan fingerprint density at radius 1 is 0.464 bits per heavy atom. The van der Waals surface area contributed by atoms with Crippen molar-refractivity contribution in [3.63, 3.8) is 0 Å². The van der Waals surface area contributed by atoms with Crippen molar-refractivity contribution >= 4 is 11.4 Å². The zero-order valence-electron chi connectivity index (χ0n) is 15.7. The number of anilines is 2. The van der Waals surface area contributed by atoms with E-state index in [1.54, 1.807) is 36.4 Å². The van der Waals surface area contributed by atoms with Crippen molar-refractivity contribution in [2.45, 2.75) is 0 Å². The summed E-state index contributed by atoms with van der Waals surface area (Å²) in [5, 5.41) is 0. The van der Waals surface area contributed by atoms with Gasteiger partial charge in [-0.2, -0.15) is 0 Å². The standard InChI is InChI=1S/C20H26N2O6/c21-15-1-3-17-19(13-15)27-9-7-23-5-6-24-8-10-28-20-14-16(22)2-4-18(20)26-12-11-25-17/h1-4,13-14H,5-12,21-22H2. The van der Waals surface area contributed by atoms with Crippen molar-refractivity contribution in [1.29, 1.82) is 0 Å². The van der Waals surface area contributed by atoms with Gasteiger partial charge in [-0.05, 0) is 24.3 Å². The number of nitrogens with two attached hydrogens (primary N) is 2. The first kappa shape index (κ1) is 19.9. The predicted molar refractivity (Wildman–Crippen MR) is 105 cm³/mol. The van der Waals surface area contributed by atoms with Crippen molar-refractivity contribution in [2.75, 3.05) is 64.3 Å². The van der Waals surface area contributed by atoms with Gasteiger partial charge in [0.05, 0.1) is 26.4 Å². The first-order valence-corrected chi connectivity index (χ1v) is 9.18. The highest BCUT2D eigenvalue weighted by Crippen LogP contribution is 2.31. The lowest BCUT2D eigenvalue weighted by Crippen LogP contribution is -2.15. The van der Waals surface area contributed by atoms with Crippen LogP contribution >= 0.6 is 0 Å². The molecule has 0 fully saturated rings. The van der Waals surface area contributed by atoms with E-state index in [9.17, 15) is 0 Å². The molecule has 28 heavy (non-hydrogen) atoms. The fourth-order valence-corrected chi connectivity index (χ4v) is 2.56. The van der Waals surface area contributed by atoms with Crippen LogP contribution in [-0.2, 0) is 9.47 Å². The maximum atomic E-state index is 5.85. The smallest absolute Gasteiger partial charge is 0.163 e. The fourth-order valence-electron chi connectivity index (χ4n) is 2.56. The molecule has 1 aliphatic heterocycles. The van der Waals surface area contributed by atoms with Crippen LogP contribution in [0.5, 0.6) is 23.0 Å². The topological polar surface area (TPSA) is 107 Å². The fraction of sp³-hybridized carbons (Fsp3) is 0.400. The van der Waals surface area contributed by atoms with Crippen LogP contribution in [-0.4, -0.2) is 52.9 Å². The molecule has 0 radical (unpaired) electrons. The van der Waals surface area contributed by atoms with Crippen molar-refractivity contribution in [3.05, 3.63) is 36.4 Å². The summed E-state index contributed by atoms with van der Waals surface area (Å²) in [6.45, 7) is 3.22. The average molecular weight is 390 g/mol. The zero-order valence-corrected chi connectivity index (χ0v) is 15.7. The Balaban J connectivity index is 1.67. The maximum Gasteiger partial charge on any atom is 0.163 e. The molecule has 0 spiro atoms. The third-order valence-electron chi connectivity index (χ3n) is 3.88. The molecular formula is C20H26N2O6. The number of benzene rings is 2. The number of ether oxygens (including phenoxy) is 6. The minimum atomic E-state index is 0.323. The normalized spacial score (nSPS) is 16.6. The van der Waals surface area contributed by atoms with Crippen molar-refractivity contribution in [2.24, 2.45) is 0 Å². The molecule has 0 saturated carbocycles. The summed E-state index contributed by atoms with van der Waals surface area (Å²) >= 11 is 0. The summed E-state index contributed by atoms with van der Waals surface area (Å²) in [6, 6.07) is 10.5. The van der Waals surface area contributed by atoms with E-state index in [1.165, 1.54) is 0 Å². The minimum absolute atomic E-state index is 0.323. The lowest BCUT2D eigenvalue weighted by Gasteiger charge is -2.16. The van der Waals surface area contributed by atoms with Crippen LogP contribution in [0, 0.1) is 0 Å². The molecule has 3 rings (SSSR count). The van der Waals surface area contributed by atoms with Crippen LogP contribution in [0.1, 0.15) is 0 Å². The van der Waals surface area contributed by atoms with Gasteiger partial charge in [0.2, 0.25) is 0 Å². The highest BCUT2D eigenvalue weighted by molar-refractivity contribution is 5.52. The maximum absolute atomic E-state index is 5.85. The summed E-state index contributed by atoms with van der Waals surface area (Å²) in [4.78, 5) is 0. The zero-order chi connectivity index (χ0) is 19.6. The molecule has 152 valence electrons. The molecule has 0 aliphatic carbocycles. The minimum Gasteiger partial charge on any atom is -0.487 e. The van der Waals surface area contributed by atoms with E-state index in [0.29, 0.717) is 87.2 Å². The third-order valence-corrected chi connectivity index (χ3v) is 3.88. The Morgan fingerprint density at radius 3 is 1.29 bits per heavy atom. The average Bonchev–Trinajstić information content (AvgIpc) is 2.68. The molecule has 0 unspecified atom stereocenters. The second-order valence-electron chi connectivity index (χ2n) is 6.03. The van der Waals surface area contributed by atoms with Crippen molar-refractivity contribution < 1.29 is 28.4 Å². The molecule has 0 bridgehead atoms. The Bertz CT molecular complexity index is 692. The molecule has 8 heteroatoms. The number of rotatable bonds is 0. The number of nitrogen functional groups attached to an aromatic ring is 2. The lowest BCUT2D eigenvalue weighted by molar-refractivity contribution is 0.0264. The molecule has 1 heterocycles. The Hall–Kier alpha value is -2.84. The Kier molecular flexibility index (Phi) is 7.45. The van der Waals surface area contributed by atoms with Gasteiger partial charge < -0.3 is 39.9 Å². The van der Waals surface area contributed by atoms with Crippen LogP contribution in [0.2, 0.25) is 0 Å². The quantitative estimate of drug-likeness (QED) is 0.659. The van der Waals surface area contributed by atoms with Crippen LogP contribution in [0.4, 0.5) is 11.4 Å². The Labute approximate surface area is 164 Å². The van der Waals surface area contributed by atoms with Crippen LogP contribution in [0.25, 0.3) is 0 Å². The van der Waals surface area contributed by atoms with E-state index in [4.69, 9.17) is 39.9 Å². The molecule has 0 aromatic heterocycles. The molecule has 4 N–H and O–H groups in total. The van der Waals surface area contributed by atoms with Gasteiger partial charge >= 0.3 is 0 Å². The first-order valence-electron chi connectivity index (χ1n) is 9.18. The first-order chi connectivity index (χ1) is 13.7. The molecular weight excluding hydrogens is 364 g/mol. The SMILES string of the molecule is Nc1ccc2c(c1)OCCOCCOCCOc1cc(N)ccc1OCCO2. The van der Waals surface area contributed by atoms with Crippen LogP contribution in [0.15, 0.2) is 36.4 Å². The summed E-state index contributed by atoms with van der Waals surface area (Å²) in [5.41, 5.74) is 12.9. The van der Waals surface area contributed by atoms with Gasteiger partial charge in [0, 0.05) is 23.5 Å². The van der Waals surface area contributed by atoms with Gasteiger partial charge in [-0.1, -0.05) is 0 Å². The van der Waals surface area contributed by atoms with E-state index in [2.05, 4.69) is 0 Å². The molecule has 2 aromatic rings. The number of hydrogen-bond acceptors (Lipinski definition) is 8. The molecule has 8 nitrogen and oxygen atoms in total. The van der Waals surface area contributed by atoms with Gasteiger partial charge in [0.25, 0.3) is 0 Å². The molecule has 2 aromatic carbocycles. The molecule has 0 saturated heterocycles. The molecule has 0 atom stereocenters. The van der Waals surface area contributed by atoms with Crippen molar-refractivity contribution in [1.82, 2.24) is 0 Å². The van der Waals surface area contributed by atoms with E-state index < -0.39 is 0 Å². The Morgan fingerprint density at radius 2 is 0.821 bits per heavy atom. The van der Waals surface area contributed by atoms with E-state index >= 15 is 0 Å². The second-order valence-corrected chi connectivity index (χ2v) is 6.03. The van der Waals surface area contributed by atoms with Gasteiger partial charge in [-0.15, -0.1) is 0 Å². The molecule has 0 amide bonds. The summed E-state index contributed by atoms with van der Waals surface area (Å²) in [7, 11) is 0. The summed E-state index contributed by atoms with van der Waals surface area (Å²) in [5.74, 6) is 2.32. The summed E-state index contributed by atoms with van der Waals surface area (Å²) < 4.78 is 34.1. The van der Waals surface area contributed by atoms with E-state index in [-0.39, 0.29) is 0 Å². The highest BCUT2D eigenvalue weighted by atomic mass is 16.6. The van der Waals surface area contributed by atoms with Crippen molar-refractivity contribution in [3.8, 4) is 23.0 Å². The van der Waals surface area contributed by atoms with Gasteiger partial charge in [-0.25, -0.2) is 0 Å². The largest absolute Gasteiger partial charge is 0.487 e. The lowest BCUT2D eigenvalue weighted by atomic mass is 10.3. The van der Waals surface area contributed by atoms with Gasteiger partial charge in [0.15, 0.2) is 23.0 Å². The number of hydrogen-bond donors (Lipinski definition) is 2. The van der Waals surface area contributed by atoms with E-state index in [1.807, 2.05) is 0 Å². The molecule has 1 aliphatic rings. The third kappa shape index (κ3) is 6.11. The van der Waals surface area contributed by atoms with E-state index in [0.717, 1.165) is 0 Å². The van der Waals surface area contributed by atoms with Gasteiger partial charge in [-0.3, -0.25) is 0 Å².